The van der Waals surface area contributed by atoms with Crippen molar-refractivity contribution in [2.45, 2.75) is 6.42 Å². The summed E-state index contributed by atoms with van der Waals surface area (Å²) in [6.45, 7) is 0.300. The first-order chi connectivity index (χ1) is 9.65. The van der Waals surface area contributed by atoms with Gasteiger partial charge in [0.2, 0.25) is 11.8 Å². The molecule has 1 aromatic rings. The monoisotopic (exact) mass is 273 g/mol. The van der Waals surface area contributed by atoms with E-state index in [1.165, 1.54) is 0 Å². The molecule has 6 nitrogen and oxygen atoms in total. The molecule has 1 heterocycles. The van der Waals surface area contributed by atoms with Crippen molar-refractivity contribution in [1.82, 2.24) is 5.32 Å². The number of nitrogens with zero attached hydrogens (tertiary/aromatic N) is 2. The Morgan fingerprint density at radius 2 is 2.20 bits per heavy atom. The quantitative estimate of drug-likeness (QED) is 0.818. The van der Waals surface area contributed by atoms with Crippen molar-refractivity contribution in [1.29, 1.82) is 5.26 Å². The molecule has 0 aliphatic carbocycles. The number of anilines is 1. The second kappa shape index (κ2) is 6.06. The standard InChI is InChI=1S/C14H15N3O3/c1-20-12-4-2-11(3-5-12)17-9-10(8-13(17)18)14(19)16-7-6-15/h2-5,10H,7-9H2,1H3,(H,16,19). The van der Waals surface area contributed by atoms with E-state index in [-0.39, 0.29) is 24.8 Å². The Labute approximate surface area is 116 Å². The van der Waals surface area contributed by atoms with Crippen LogP contribution in [0.2, 0.25) is 0 Å². The number of hydrogen-bond acceptors (Lipinski definition) is 4. The Morgan fingerprint density at radius 3 is 2.80 bits per heavy atom. The molecule has 1 aliphatic rings. The van der Waals surface area contributed by atoms with Crippen molar-refractivity contribution in [3.05, 3.63) is 24.3 Å². The van der Waals surface area contributed by atoms with Crippen molar-refractivity contribution >= 4 is 17.5 Å². The molecule has 2 amide bonds. The number of hydrogen-bond donors (Lipinski definition) is 1. The molecule has 104 valence electrons. The van der Waals surface area contributed by atoms with Gasteiger partial charge in [-0.25, -0.2) is 0 Å². The number of amides is 2. The SMILES string of the molecule is COc1ccc(N2CC(C(=O)NCC#N)CC2=O)cc1. The van der Waals surface area contributed by atoms with Crippen LogP contribution < -0.4 is 15.0 Å². The van der Waals surface area contributed by atoms with E-state index < -0.39 is 5.92 Å². The van der Waals surface area contributed by atoms with E-state index >= 15 is 0 Å². The normalized spacial score (nSPS) is 17.7. The van der Waals surface area contributed by atoms with Gasteiger partial charge in [0.25, 0.3) is 0 Å². The Kier molecular flexibility index (Phi) is 4.20. The molecule has 0 radical (unpaired) electrons. The highest BCUT2D eigenvalue weighted by Crippen LogP contribution is 2.26. The smallest absolute Gasteiger partial charge is 0.227 e. The second-order valence-corrected chi connectivity index (χ2v) is 4.48. The van der Waals surface area contributed by atoms with Gasteiger partial charge in [0.1, 0.15) is 12.3 Å². The number of ether oxygens (including phenoxy) is 1. The van der Waals surface area contributed by atoms with Crippen LogP contribution in [0.1, 0.15) is 6.42 Å². The third kappa shape index (κ3) is 2.88. The molecule has 1 N–H and O–H groups in total. The first-order valence-electron chi connectivity index (χ1n) is 6.24. The maximum absolute atomic E-state index is 12.0. The zero-order valence-corrected chi connectivity index (χ0v) is 11.1. The third-order valence-electron chi connectivity index (χ3n) is 3.22. The van der Waals surface area contributed by atoms with Crippen LogP contribution in [0, 0.1) is 17.2 Å². The second-order valence-electron chi connectivity index (χ2n) is 4.48. The Balaban J connectivity index is 2.05. The predicted octanol–water partition coefficient (Wildman–Crippen LogP) is 0.688. The fraction of sp³-hybridized carbons (Fsp3) is 0.357. The van der Waals surface area contributed by atoms with Gasteiger partial charge in [-0.15, -0.1) is 0 Å². The van der Waals surface area contributed by atoms with Crippen LogP contribution in [-0.2, 0) is 9.59 Å². The highest BCUT2D eigenvalue weighted by Gasteiger charge is 2.34. The average molecular weight is 273 g/mol. The van der Waals surface area contributed by atoms with Gasteiger partial charge in [0.05, 0.1) is 19.1 Å². The first-order valence-corrected chi connectivity index (χ1v) is 6.24. The molecule has 6 heteroatoms. The molecule has 1 aliphatic heterocycles. The van der Waals surface area contributed by atoms with E-state index in [9.17, 15) is 9.59 Å². The molecule has 0 spiro atoms. The molecule has 0 bridgehead atoms. The summed E-state index contributed by atoms with van der Waals surface area (Å²) in [5.74, 6) is -0.0372. The summed E-state index contributed by atoms with van der Waals surface area (Å²) >= 11 is 0. The molecule has 1 fully saturated rings. The van der Waals surface area contributed by atoms with E-state index in [0.717, 1.165) is 5.69 Å². The van der Waals surface area contributed by atoms with Crippen LogP contribution in [0.25, 0.3) is 0 Å². The summed E-state index contributed by atoms with van der Waals surface area (Å²) in [4.78, 5) is 25.3. The number of methoxy groups -OCH3 is 1. The topological polar surface area (TPSA) is 82.4 Å². The molecule has 1 unspecified atom stereocenters. The Bertz CT molecular complexity index is 548. The number of nitrogens with one attached hydrogen (secondary N) is 1. The van der Waals surface area contributed by atoms with Crippen molar-refractivity contribution in [2.75, 3.05) is 25.1 Å². The molecule has 20 heavy (non-hydrogen) atoms. The van der Waals surface area contributed by atoms with Gasteiger partial charge in [0.15, 0.2) is 0 Å². The number of nitriles is 1. The summed E-state index contributed by atoms with van der Waals surface area (Å²) in [6.07, 6.45) is 0.170. The third-order valence-corrected chi connectivity index (χ3v) is 3.22. The van der Waals surface area contributed by atoms with Crippen LogP contribution in [0.5, 0.6) is 5.75 Å². The Morgan fingerprint density at radius 1 is 1.50 bits per heavy atom. The fourth-order valence-electron chi connectivity index (χ4n) is 2.17. The van der Waals surface area contributed by atoms with Gasteiger partial charge in [-0.1, -0.05) is 0 Å². The van der Waals surface area contributed by atoms with Gasteiger partial charge in [-0.2, -0.15) is 5.26 Å². The van der Waals surface area contributed by atoms with Gasteiger partial charge in [-0.3, -0.25) is 9.59 Å². The summed E-state index contributed by atoms with van der Waals surface area (Å²) < 4.78 is 5.06. The highest BCUT2D eigenvalue weighted by atomic mass is 16.5. The molecule has 1 atom stereocenters. The lowest BCUT2D eigenvalue weighted by atomic mass is 10.1. The molecule has 1 aromatic carbocycles. The predicted molar refractivity (Wildman–Crippen MR) is 72.1 cm³/mol. The van der Waals surface area contributed by atoms with Crippen LogP contribution >= 0.6 is 0 Å². The summed E-state index contributed by atoms with van der Waals surface area (Å²) in [5, 5.41) is 10.9. The van der Waals surface area contributed by atoms with Crippen LogP contribution in [0.3, 0.4) is 0 Å². The number of carbonyl (C=O) groups excluding carboxylic acids is 2. The summed E-state index contributed by atoms with van der Waals surface area (Å²) in [5.41, 5.74) is 0.742. The Hall–Kier alpha value is -2.55. The van der Waals surface area contributed by atoms with Crippen LogP contribution in [0.4, 0.5) is 5.69 Å². The maximum atomic E-state index is 12.0. The molecular weight excluding hydrogens is 258 g/mol. The van der Waals surface area contributed by atoms with E-state index in [0.29, 0.717) is 12.3 Å². The lowest BCUT2D eigenvalue weighted by molar-refractivity contribution is -0.126. The van der Waals surface area contributed by atoms with Crippen LogP contribution in [-0.4, -0.2) is 32.0 Å². The minimum atomic E-state index is -0.405. The minimum absolute atomic E-state index is 0.0357. The van der Waals surface area contributed by atoms with Crippen molar-refractivity contribution in [3.63, 3.8) is 0 Å². The van der Waals surface area contributed by atoms with Gasteiger partial charge in [0, 0.05) is 18.7 Å². The maximum Gasteiger partial charge on any atom is 0.227 e. The summed E-state index contributed by atoms with van der Waals surface area (Å²) in [7, 11) is 1.57. The zero-order chi connectivity index (χ0) is 14.5. The average Bonchev–Trinajstić information content (AvgIpc) is 2.87. The van der Waals surface area contributed by atoms with Gasteiger partial charge in [-0.05, 0) is 24.3 Å². The van der Waals surface area contributed by atoms with E-state index in [1.807, 2.05) is 6.07 Å². The van der Waals surface area contributed by atoms with E-state index in [1.54, 1.807) is 36.3 Å². The molecule has 0 aromatic heterocycles. The van der Waals surface area contributed by atoms with E-state index in [4.69, 9.17) is 10.00 Å². The van der Waals surface area contributed by atoms with Gasteiger partial charge < -0.3 is 15.0 Å². The van der Waals surface area contributed by atoms with Crippen molar-refractivity contribution in [2.24, 2.45) is 5.92 Å². The largest absolute Gasteiger partial charge is 0.497 e. The molecule has 1 saturated heterocycles. The molecule has 2 rings (SSSR count). The molecule has 0 saturated carbocycles. The number of benzene rings is 1. The van der Waals surface area contributed by atoms with Crippen molar-refractivity contribution in [3.8, 4) is 11.8 Å². The highest BCUT2D eigenvalue weighted by molar-refractivity contribution is 6.00. The lowest BCUT2D eigenvalue weighted by Crippen LogP contribution is -2.33. The van der Waals surface area contributed by atoms with Gasteiger partial charge >= 0.3 is 0 Å². The molecular formula is C14H15N3O3. The summed E-state index contributed by atoms with van der Waals surface area (Å²) in [6, 6.07) is 8.95. The van der Waals surface area contributed by atoms with Crippen LogP contribution in [0.15, 0.2) is 24.3 Å². The minimum Gasteiger partial charge on any atom is -0.497 e. The van der Waals surface area contributed by atoms with Crippen molar-refractivity contribution < 1.29 is 14.3 Å². The lowest BCUT2D eigenvalue weighted by Gasteiger charge is -2.16. The first kappa shape index (κ1) is 13.9. The number of carbonyl (C=O) groups is 2. The van der Waals surface area contributed by atoms with E-state index in [2.05, 4.69) is 5.32 Å². The fourth-order valence-corrected chi connectivity index (χ4v) is 2.17. The number of rotatable bonds is 4. The zero-order valence-electron chi connectivity index (χ0n) is 11.1.